The molecule has 104 valence electrons. The van der Waals surface area contributed by atoms with E-state index >= 15 is 0 Å². The summed E-state index contributed by atoms with van der Waals surface area (Å²) >= 11 is 3.39. The first-order valence-electron chi connectivity index (χ1n) is 6.05. The fourth-order valence-corrected chi connectivity index (χ4v) is 3.87. The highest BCUT2D eigenvalue weighted by atomic mass is 79.9. The molecule has 2 aromatic carbocycles. The average molecular weight is 361 g/mol. The van der Waals surface area contributed by atoms with Crippen LogP contribution >= 0.6 is 15.9 Å². The first kappa shape index (κ1) is 13.9. The molecule has 0 atom stereocenters. The standard InChI is InChI=1S/C15H9BrN2O2S/c16-11-4-3-5-12(8-11)18-10-13(9-17)21(19,20)15-7-2-1-6-14(15)18/h1-8,10H. The van der Waals surface area contributed by atoms with Crippen LogP contribution in [0.15, 0.2) is 69.0 Å². The molecule has 0 radical (unpaired) electrons. The Morgan fingerprint density at radius 2 is 1.86 bits per heavy atom. The molecule has 1 heterocycles. The number of nitrogens with zero attached hydrogens (tertiary/aromatic N) is 2. The molecule has 0 bridgehead atoms. The summed E-state index contributed by atoms with van der Waals surface area (Å²) in [6.45, 7) is 0. The monoisotopic (exact) mass is 360 g/mol. The maximum Gasteiger partial charge on any atom is 0.220 e. The number of anilines is 2. The third-order valence-corrected chi connectivity index (χ3v) is 5.34. The number of fused-ring (bicyclic) bond motifs is 1. The Balaban J connectivity index is 2.29. The smallest absolute Gasteiger partial charge is 0.220 e. The molecule has 3 rings (SSSR count). The fraction of sp³-hybridized carbons (Fsp3) is 0. The Kier molecular flexibility index (Phi) is 3.32. The van der Waals surface area contributed by atoms with Gasteiger partial charge in [-0.15, -0.1) is 0 Å². The quantitative estimate of drug-likeness (QED) is 0.776. The highest BCUT2D eigenvalue weighted by Crippen LogP contribution is 2.39. The lowest BCUT2D eigenvalue weighted by molar-refractivity contribution is 0.602. The summed E-state index contributed by atoms with van der Waals surface area (Å²) < 4.78 is 25.6. The predicted octanol–water partition coefficient (Wildman–Crippen LogP) is 3.74. The van der Waals surface area contributed by atoms with Crippen molar-refractivity contribution in [1.82, 2.24) is 0 Å². The third kappa shape index (κ3) is 2.24. The van der Waals surface area contributed by atoms with Crippen LogP contribution in [0.3, 0.4) is 0 Å². The van der Waals surface area contributed by atoms with Crippen molar-refractivity contribution >= 4 is 37.1 Å². The van der Waals surface area contributed by atoms with Gasteiger partial charge in [-0.2, -0.15) is 5.26 Å². The molecule has 0 amide bonds. The van der Waals surface area contributed by atoms with Gasteiger partial charge in [0.25, 0.3) is 0 Å². The van der Waals surface area contributed by atoms with Gasteiger partial charge < -0.3 is 4.90 Å². The third-order valence-electron chi connectivity index (χ3n) is 3.15. The van der Waals surface area contributed by atoms with Crippen molar-refractivity contribution < 1.29 is 8.42 Å². The van der Waals surface area contributed by atoms with Crippen LogP contribution in [-0.4, -0.2) is 8.42 Å². The first-order chi connectivity index (χ1) is 10.0. The molecule has 0 saturated heterocycles. The number of allylic oxidation sites excluding steroid dienone is 1. The van der Waals surface area contributed by atoms with Crippen molar-refractivity contribution in [3.8, 4) is 6.07 Å². The second-order valence-corrected chi connectivity index (χ2v) is 7.23. The van der Waals surface area contributed by atoms with Crippen molar-refractivity contribution in [2.75, 3.05) is 4.90 Å². The average Bonchev–Trinajstić information content (AvgIpc) is 2.47. The molecular weight excluding hydrogens is 352 g/mol. The van der Waals surface area contributed by atoms with Gasteiger partial charge in [-0.1, -0.05) is 34.1 Å². The minimum atomic E-state index is -3.74. The van der Waals surface area contributed by atoms with Crippen LogP contribution in [0.4, 0.5) is 11.4 Å². The second kappa shape index (κ2) is 5.02. The fourth-order valence-electron chi connectivity index (χ4n) is 2.19. The van der Waals surface area contributed by atoms with Crippen LogP contribution in [0.2, 0.25) is 0 Å². The second-order valence-electron chi connectivity index (χ2n) is 4.43. The normalized spacial score (nSPS) is 15.8. The summed E-state index contributed by atoms with van der Waals surface area (Å²) in [5, 5.41) is 9.14. The number of para-hydroxylation sites is 1. The van der Waals surface area contributed by atoms with E-state index in [0.29, 0.717) is 5.69 Å². The van der Waals surface area contributed by atoms with Crippen molar-refractivity contribution in [1.29, 1.82) is 5.26 Å². The van der Waals surface area contributed by atoms with E-state index in [1.165, 1.54) is 12.3 Å². The van der Waals surface area contributed by atoms with Gasteiger partial charge in [0.15, 0.2) is 4.91 Å². The highest BCUT2D eigenvalue weighted by molar-refractivity contribution is 9.10. The molecule has 0 aromatic heterocycles. The van der Waals surface area contributed by atoms with Crippen molar-refractivity contribution in [2.24, 2.45) is 0 Å². The molecule has 2 aromatic rings. The van der Waals surface area contributed by atoms with Gasteiger partial charge in [0, 0.05) is 16.4 Å². The number of halogens is 1. The van der Waals surface area contributed by atoms with E-state index in [4.69, 9.17) is 5.26 Å². The van der Waals surface area contributed by atoms with Crippen LogP contribution in [0, 0.1) is 11.3 Å². The molecule has 1 aliphatic heterocycles. The van der Waals surface area contributed by atoms with E-state index in [0.717, 1.165) is 10.2 Å². The molecule has 0 unspecified atom stereocenters. The largest absolute Gasteiger partial charge is 0.314 e. The van der Waals surface area contributed by atoms with E-state index in [9.17, 15) is 8.42 Å². The van der Waals surface area contributed by atoms with Gasteiger partial charge in [-0.3, -0.25) is 0 Å². The SMILES string of the molecule is N#CC1=CN(c2cccc(Br)c2)c2ccccc2S1(=O)=O. The van der Waals surface area contributed by atoms with Crippen molar-refractivity contribution in [3.05, 3.63) is 64.1 Å². The van der Waals surface area contributed by atoms with Crippen LogP contribution in [0.25, 0.3) is 0 Å². The minimum absolute atomic E-state index is 0.143. The predicted molar refractivity (Wildman–Crippen MR) is 83.6 cm³/mol. The Bertz CT molecular complexity index is 898. The molecule has 0 N–H and O–H groups in total. The maximum atomic E-state index is 12.4. The van der Waals surface area contributed by atoms with Crippen LogP contribution in [-0.2, 0) is 9.84 Å². The Hall–Kier alpha value is -2.10. The molecule has 0 aliphatic carbocycles. The van der Waals surface area contributed by atoms with Gasteiger partial charge in [0.2, 0.25) is 9.84 Å². The van der Waals surface area contributed by atoms with Crippen LogP contribution < -0.4 is 4.90 Å². The van der Waals surface area contributed by atoms with E-state index in [-0.39, 0.29) is 9.80 Å². The first-order valence-corrected chi connectivity index (χ1v) is 8.32. The molecule has 21 heavy (non-hydrogen) atoms. The lowest BCUT2D eigenvalue weighted by Crippen LogP contribution is -2.21. The van der Waals surface area contributed by atoms with E-state index in [1.807, 2.05) is 24.3 Å². The summed E-state index contributed by atoms with van der Waals surface area (Å²) in [5.74, 6) is 0. The lowest BCUT2D eigenvalue weighted by Gasteiger charge is -2.27. The lowest BCUT2D eigenvalue weighted by atomic mass is 10.2. The summed E-state index contributed by atoms with van der Waals surface area (Å²) in [5.41, 5.74) is 1.31. The molecular formula is C15H9BrN2O2S. The highest BCUT2D eigenvalue weighted by Gasteiger charge is 2.31. The molecule has 1 aliphatic rings. The summed E-state index contributed by atoms with van der Waals surface area (Å²) in [6.07, 6.45) is 1.36. The number of rotatable bonds is 1. The zero-order valence-corrected chi connectivity index (χ0v) is 13.1. The van der Waals surface area contributed by atoms with Crippen LogP contribution in [0.1, 0.15) is 0 Å². The number of nitriles is 1. The zero-order chi connectivity index (χ0) is 15.0. The molecule has 0 fully saturated rings. The van der Waals surface area contributed by atoms with Crippen molar-refractivity contribution in [2.45, 2.75) is 4.90 Å². The topological polar surface area (TPSA) is 61.2 Å². The van der Waals surface area contributed by atoms with Gasteiger partial charge in [0.05, 0.1) is 10.6 Å². The van der Waals surface area contributed by atoms with Crippen LogP contribution in [0.5, 0.6) is 0 Å². The Morgan fingerprint density at radius 1 is 1.10 bits per heavy atom. The van der Waals surface area contributed by atoms with E-state index in [2.05, 4.69) is 15.9 Å². The zero-order valence-electron chi connectivity index (χ0n) is 10.7. The van der Waals surface area contributed by atoms with Gasteiger partial charge in [-0.05, 0) is 30.3 Å². The summed E-state index contributed by atoms with van der Waals surface area (Å²) in [7, 11) is -3.74. The van der Waals surface area contributed by atoms with E-state index < -0.39 is 9.84 Å². The van der Waals surface area contributed by atoms with E-state index in [1.54, 1.807) is 29.2 Å². The summed E-state index contributed by atoms with van der Waals surface area (Å²) in [4.78, 5) is 1.59. The maximum absolute atomic E-state index is 12.4. The number of sulfone groups is 1. The minimum Gasteiger partial charge on any atom is -0.314 e. The van der Waals surface area contributed by atoms with Gasteiger partial charge in [-0.25, -0.2) is 8.42 Å². The van der Waals surface area contributed by atoms with Gasteiger partial charge >= 0.3 is 0 Å². The van der Waals surface area contributed by atoms with Gasteiger partial charge in [0.1, 0.15) is 6.07 Å². The number of benzene rings is 2. The number of hydrogen-bond donors (Lipinski definition) is 0. The molecule has 0 saturated carbocycles. The Labute approximate surface area is 131 Å². The molecule has 4 nitrogen and oxygen atoms in total. The molecule has 0 spiro atoms. The number of hydrogen-bond acceptors (Lipinski definition) is 4. The summed E-state index contributed by atoms with van der Waals surface area (Å²) in [6, 6.07) is 15.9. The Morgan fingerprint density at radius 3 is 2.57 bits per heavy atom. The molecule has 6 heteroatoms. The van der Waals surface area contributed by atoms with Crippen molar-refractivity contribution in [3.63, 3.8) is 0 Å².